The van der Waals surface area contributed by atoms with Gasteiger partial charge in [0.25, 0.3) is 0 Å². The topological polar surface area (TPSA) is 0 Å². The van der Waals surface area contributed by atoms with E-state index in [1.54, 1.807) is 0 Å². The van der Waals surface area contributed by atoms with Gasteiger partial charge in [-0.05, 0) is 10.8 Å². The van der Waals surface area contributed by atoms with Crippen LogP contribution in [-0.2, 0) is 35.1 Å². The Morgan fingerprint density at radius 1 is 0.682 bits per heavy atom. The number of halogens is 4. The predicted molar refractivity (Wildman–Crippen MR) is 188 cm³/mol. The third-order valence-corrected chi connectivity index (χ3v) is 9.65. The molecule has 0 radical (unpaired) electrons. The van der Waals surface area contributed by atoms with Crippen LogP contribution in [0.15, 0.2) is 118 Å². The van der Waals surface area contributed by atoms with Gasteiger partial charge in [-0.2, -0.15) is 6.08 Å². The monoisotopic (exact) mass is 824 g/mol. The first-order chi connectivity index (χ1) is 19.8. The van der Waals surface area contributed by atoms with Gasteiger partial charge in [-0.25, -0.2) is 12.2 Å². The molecule has 0 saturated heterocycles. The molecular formula is C39H38Br2Cl2Zr-2. The number of allylic oxidation sites excluding steroid dienone is 4. The molecule has 0 nitrogen and oxygen atoms in total. The Kier molecular flexibility index (Phi) is 14.9. The first-order valence-corrected chi connectivity index (χ1v) is 17.1. The number of benzene rings is 4. The molecule has 0 fully saturated rings. The normalized spacial score (nSPS) is 12.0. The van der Waals surface area contributed by atoms with Crippen molar-refractivity contribution in [2.45, 2.75) is 58.8 Å². The molecule has 5 heteroatoms. The fourth-order valence-corrected chi connectivity index (χ4v) is 6.31. The van der Waals surface area contributed by atoms with E-state index in [0.717, 1.165) is 15.4 Å². The van der Waals surface area contributed by atoms with Crippen molar-refractivity contribution < 1.29 is 49.0 Å². The summed E-state index contributed by atoms with van der Waals surface area (Å²) < 4.78 is 3.62. The van der Waals surface area contributed by atoms with Gasteiger partial charge in [-0.15, -0.1) is 46.2 Å². The summed E-state index contributed by atoms with van der Waals surface area (Å²) in [4.78, 5) is 0. The molecule has 5 aromatic rings. The largest absolute Gasteiger partial charge is 1.00 e. The molecule has 228 valence electrons. The number of hydrogen-bond donors (Lipinski definition) is 0. The fourth-order valence-electron chi connectivity index (χ4n) is 4.75. The number of hydrogen-bond acceptors (Lipinski definition) is 0. The second kappa shape index (κ2) is 16.9. The molecule has 0 amide bonds. The van der Waals surface area contributed by atoms with Gasteiger partial charge in [0, 0.05) is 0 Å². The maximum absolute atomic E-state index is 3.50. The van der Waals surface area contributed by atoms with Gasteiger partial charge < -0.3 is 24.8 Å². The predicted octanol–water partition coefficient (Wildman–Crippen LogP) is 5.95. The second-order valence-corrected chi connectivity index (χ2v) is 15.7. The number of fused-ring (bicyclic) bond motifs is 3. The van der Waals surface area contributed by atoms with E-state index < -0.39 is 0 Å². The van der Waals surface area contributed by atoms with Gasteiger partial charge >= 0.3 is 128 Å². The van der Waals surface area contributed by atoms with Crippen LogP contribution in [0.1, 0.15) is 70.2 Å². The Morgan fingerprint density at radius 2 is 1.14 bits per heavy atom. The Hall–Kier alpha value is -1.48. The van der Waals surface area contributed by atoms with Crippen LogP contribution in [0.5, 0.6) is 0 Å². The first-order valence-electron chi connectivity index (χ1n) is 14.3. The summed E-state index contributed by atoms with van der Waals surface area (Å²) in [6.07, 6.45) is 10.0. The molecule has 6 rings (SSSR count). The van der Waals surface area contributed by atoms with Crippen LogP contribution >= 0.6 is 31.9 Å². The van der Waals surface area contributed by atoms with Gasteiger partial charge in [-0.3, -0.25) is 6.08 Å². The molecule has 0 aliphatic heterocycles. The van der Waals surface area contributed by atoms with Gasteiger partial charge in [0.2, 0.25) is 0 Å². The van der Waals surface area contributed by atoms with Crippen molar-refractivity contribution in [2.24, 2.45) is 0 Å². The van der Waals surface area contributed by atoms with Crippen molar-refractivity contribution in [3.63, 3.8) is 0 Å². The van der Waals surface area contributed by atoms with E-state index in [9.17, 15) is 0 Å². The maximum atomic E-state index is 3.50. The zero-order valence-electron chi connectivity index (χ0n) is 26.1. The van der Waals surface area contributed by atoms with E-state index in [2.05, 4.69) is 164 Å². The maximum Gasteiger partial charge on any atom is -0.0202 e. The minimum absolute atomic E-state index is 0. The van der Waals surface area contributed by atoms with Crippen LogP contribution in [0.25, 0.3) is 21.5 Å². The fraction of sp³-hybridized carbons (Fsp3) is 0.231. The van der Waals surface area contributed by atoms with Crippen LogP contribution in [0.4, 0.5) is 0 Å². The minimum Gasteiger partial charge on any atom is -1.00 e. The van der Waals surface area contributed by atoms with Crippen LogP contribution in [0, 0.1) is 6.08 Å². The van der Waals surface area contributed by atoms with Crippen molar-refractivity contribution in [3.8, 4) is 0 Å². The SMILES string of the molecule is Brc1cccc([C](=[Zr+2])c2cccc(Br)c2)c1.CC(C)(C)c1ccc2c(c1)[cH-]c1cc(C(C)(C)C)ccc12.[C-]1=CC=CC1.[Cl-].[Cl-]. The van der Waals surface area contributed by atoms with Crippen molar-refractivity contribution in [2.75, 3.05) is 0 Å². The summed E-state index contributed by atoms with van der Waals surface area (Å²) in [5, 5.41) is 5.48. The Balaban J connectivity index is 0.000000260. The number of rotatable bonds is 2. The van der Waals surface area contributed by atoms with Crippen molar-refractivity contribution in [1.82, 2.24) is 0 Å². The molecule has 0 unspecified atom stereocenters. The second-order valence-electron chi connectivity index (χ2n) is 12.6. The average molecular weight is 829 g/mol. The summed E-state index contributed by atoms with van der Waals surface area (Å²) in [5.74, 6) is 0. The molecule has 0 atom stereocenters. The zero-order chi connectivity index (χ0) is 30.5. The molecular weight excluding hydrogens is 790 g/mol. The van der Waals surface area contributed by atoms with E-state index >= 15 is 0 Å². The Bertz CT molecular complexity index is 1640. The van der Waals surface area contributed by atoms with E-state index in [-0.39, 0.29) is 35.6 Å². The summed E-state index contributed by atoms with van der Waals surface area (Å²) in [6, 6.07) is 33.0. The van der Waals surface area contributed by atoms with E-state index in [1.165, 1.54) is 71.2 Å². The third-order valence-electron chi connectivity index (χ3n) is 7.25. The van der Waals surface area contributed by atoms with Crippen LogP contribution in [-0.4, -0.2) is 3.21 Å². The molecule has 0 bridgehead atoms. The molecule has 44 heavy (non-hydrogen) atoms. The molecule has 0 aromatic heterocycles. The Morgan fingerprint density at radius 3 is 1.45 bits per heavy atom. The summed E-state index contributed by atoms with van der Waals surface area (Å²) in [5.41, 5.74) is 5.78. The summed E-state index contributed by atoms with van der Waals surface area (Å²) in [6.45, 7) is 13.6. The molecule has 0 heterocycles. The molecule has 0 spiro atoms. The van der Waals surface area contributed by atoms with Crippen molar-refractivity contribution in [1.29, 1.82) is 0 Å². The molecule has 0 N–H and O–H groups in total. The first kappa shape index (κ1) is 38.7. The molecule has 1 aliphatic carbocycles. The van der Waals surface area contributed by atoms with E-state index in [4.69, 9.17) is 0 Å². The molecule has 1 aliphatic rings. The van der Waals surface area contributed by atoms with E-state index in [1.807, 2.05) is 24.3 Å². The third kappa shape index (κ3) is 10.5. The minimum atomic E-state index is 0. The van der Waals surface area contributed by atoms with Crippen molar-refractivity contribution >= 4 is 56.6 Å². The Labute approximate surface area is 308 Å². The standard InChI is InChI=1S/C21H25.C13H8Br2.C5H5.2ClH.Zr/c1-20(2,3)16-7-9-18-14(12-16)11-15-13-17(21(4,5)6)8-10-19(15)18;14-12-5-1-3-10(8-12)7-11-4-2-6-13(15)9-11;1-2-4-5-3-1;;;/h7-13H,1-6H3;1-6,8-9H;1-3H,4H2;2*1H;/q-1;;-1;;;+2/p-2. The van der Waals surface area contributed by atoms with Crippen LogP contribution < -0.4 is 24.8 Å². The van der Waals surface area contributed by atoms with Gasteiger partial charge in [0.05, 0.1) is 0 Å². The average Bonchev–Trinajstić information content (AvgIpc) is 3.63. The van der Waals surface area contributed by atoms with Gasteiger partial charge in [0.1, 0.15) is 0 Å². The van der Waals surface area contributed by atoms with E-state index in [0.29, 0.717) is 0 Å². The van der Waals surface area contributed by atoms with Gasteiger partial charge in [0.15, 0.2) is 0 Å². The molecule has 0 saturated carbocycles. The zero-order valence-corrected chi connectivity index (χ0v) is 33.3. The van der Waals surface area contributed by atoms with Crippen LogP contribution in [0.3, 0.4) is 0 Å². The smallest absolute Gasteiger partial charge is 0.0202 e. The van der Waals surface area contributed by atoms with Crippen molar-refractivity contribution in [3.05, 3.63) is 146 Å². The quantitative estimate of drug-likeness (QED) is 0.193. The summed E-state index contributed by atoms with van der Waals surface area (Å²) >= 11 is 8.43. The summed E-state index contributed by atoms with van der Waals surface area (Å²) in [7, 11) is 0. The van der Waals surface area contributed by atoms with Crippen LogP contribution in [0.2, 0.25) is 0 Å². The molecule has 5 aromatic carbocycles. The van der Waals surface area contributed by atoms with Gasteiger partial charge in [-0.1, -0.05) is 76.9 Å².